The van der Waals surface area contributed by atoms with Gasteiger partial charge in [0.05, 0.1) is 6.21 Å². The summed E-state index contributed by atoms with van der Waals surface area (Å²) < 4.78 is 2.23. The zero-order chi connectivity index (χ0) is 16.2. The SMILES string of the molecule is Cc1nnc(-c2ccncc2)n(N=Cc2ccc(Br)cc2)c1=O. The van der Waals surface area contributed by atoms with Gasteiger partial charge in [-0.05, 0) is 36.8 Å². The number of halogens is 1. The molecule has 2 aromatic heterocycles. The van der Waals surface area contributed by atoms with Crippen molar-refractivity contribution in [2.75, 3.05) is 0 Å². The second kappa shape index (κ2) is 6.62. The van der Waals surface area contributed by atoms with Crippen molar-refractivity contribution in [2.24, 2.45) is 5.10 Å². The highest BCUT2D eigenvalue weighted by Crippen LogP contribution is 2.13. The summed E-state index contributed by atoms with van der Waals surface area (Å²) in [4.78, 5) is 16.3. The molecule has 0 amide bonds. The molecule has 23 heavy (non-hydrogen) atoms. The van der Waals surface area contributed by atoms with E-state index in [0.717, 1.165) is 15.6 Å². The van der Waals surface area contributed by atoms with Crippen molar-refractivity contribution in [3.63, 3.8) is 0 Å². The average Bonchev–Trinajstić information content (AvgIpc) is 2.58. The molecule has 0 spiro atoms. The van der Waals surface area contributed by atoms with Gasteiger partial charge in [0, 0.05) is 22.4 Å². The maximum atomic E-state index is 12.4. The smallest absolute Gasteiger partial charge is 0.265 e. The van der Waals surface area contributed by atoms with Gasteiger partial charge in [-0.1, -0.05) is 28.1 Å². The van der Waals surface area contributed by atoms with E-state index in [0.29, 0.717) is 5.82 Å². The van der Waals surface area contributed by atoms with Crippen molar-refractivity contribution in [2.45, 2.75) is 6.92 Å². The Morgan fingerprint density at radius 3 is 2.48 bits per heavy atom. The molecule has 0 N–H and O–H groups in total. The van der Waals surface area contributed by atoms with E-state index in [-0.39, 0.29) is 11.3 Å². The van der Waals surface area contributed by atoms with E-state index in [1.807, 2.05) is 24.3 Å². The first-order valence-corrected chi connectivity index (χ1v) is 7.61. The fourth-order valence-electron chi connectivity index (χ4n) is 1.92. The first kappa shape index (κ1) is 15.2. The summed E-state index contributed by atoms with van der Waals surface area (Å²) >= 11 is 3.38. The third-order valence-corrected chi connectivity index (χ3v) is 3.66. The Hall–Kier alpha value is -2.67. The Labute approximate surface area is 140 Å². The van der Waals surface area contributed by atoms with Crippen molar-refractivity contribution >= 4 is 22.1 Å². The summed E-state index contributed by atoms with van der Waals surface area (Å²) in [5, 5.41) is 12.3. The van der Waals surface area contributed by atoms with Crippen LogP contribution in [0.2, 0.25) is 0 Å². The van der Waals surface area contributed by atoms with Crippen LogP contribution in [0.1, 0.15) is 11.3 Å². The minimum Gasteiger partial charge on any atom is -0.265 e. The number of benzene rings is 1. The molecule has 0 radical (unpaired) electrons. The number of hydrogen-bond donors (Lipinski definition) is 0. The van der Waals surface area contributed by atoms with Crippen LogP contribution in [0.15, 0.2) is 63.2 Å². The van der Waals surface area contributed by atoms with Gasteiger partial charge in [0.15, 0.2) is 5.82 Å². The highest BCUT2D eigenvalue weighted by Gasteiger charge is 2.10. The molecule has 7 heteroatoms. The zero-order valence-corrected chi connectivity index (χ0v) is 13.8. The lowest BCUT2D eigenvalue weighted by atomic mass is 10.2. The molecule has 0 atom stereocenters. The van der Waals surface area contributed by atoms with Crippen molar-refractivity contribution in [1.82, 2.24) is 19.9 Å². The molecule has 0 saturated heterocycles. The Balaban J connectivity index is 2.09. The minimum atomic E-state index is -0.305. The standard InChI is InChI=1S/C16H12BrN5O/c1-11-16(23)22(19-10-12-2-4-14(17)5-3-12)15(21-20-11)13-6-8-18-9-7-13/h2-10H,1H3. The molecule has 114 valence electrons. The number of pyridine rings is 1. The highest BCUT2D eigenvalue weighted by molar-refractivity contribution is 9.10. The van der Waals surface area contributed by atoms with E-state index < -0.39 is 0 Å². The van der Waals surface area contributed by atoms with E-state index in [4.69, 9.17) is 0 Å². The van der Waals surface area contributed by atoms with Crippen molar-refractivity contribution in [1.29, 1.82) is 0 Å². The Bertz CT molecular complexity index is 904. The molecular formula is C16H12BrN5O. The molecule has 3 aromatic rings. The van der Waals surface area contributed by atoms with Crippen LogP contribution in [-0.2, 0) is 0 Å². The predicted octanol–water partition coefficient (Wildman–Crippen LogP) is 2.65. The van der Waals surface area contributed by atoms with Gasteiger partial charge >= 0.3 is 0 Å². The molecule has 2 heterocycles. The maximum Gasteiger partial charge on any atom is 0.296 e. The van der Waals surface area contributed by atoms with Crippen LogP contribution in [0.25, 0.3) is 11.4 Å². The lowest BCUT2D eigenvalue weighted by molar-refractivity contribution is 0.750. The molecule has 3 rings (SSSR count). The molecule has 0 aliphatic heterocycles. The summed E-state index contributed by atoms with van der Waals surface area (Å²) in [5.74, 6) is 0.372. The van der Waals surface area contributed by atoms with E-state index >= 15 is 0 Å². The lowest BCUT2D eigenvalue weighted by Crippen LogP contribution is -2.24. The monoisotopic (exact) mass is 369 g/mol. The largest absolute Gasteiger partial charge is 0.296 e. The topological polar surface area (TPSA) is 73.0 Å². The summed E-state index contributed by atoms with van der Waals surface area (Å²) in [5.41, 5.74) is 1.57. The van der Waals surface area contributed by atoms with Crippen molar-refractivity contribution in [3.05, 3.63) is 74.9 Å². The molecule has 0 unspecified atom stereocenters. The second-order valence-corrected chi connectivity index (χ2v) is 5.67. The van der Waals surface area contributed by atoms with Gasteiger partial charge in [0.25, 0.3) is 5.56 Å². The van der Waals surface area contributed by atoms with E-state index in [1.165, 1.54) is 4.68 Å². The van der Waals surface area contributed by atoms with E-state index in [2.05, 4.69) is 36.2 Å². The Morgan fingerprint density at radius 1 is 1.09 bits per heavy atom. The average molecular weight is 370 g/mol. The van der Waals surface area contributed by atoms with Crippen LogP contribution in [0.4, 0.5) is 0 Å². The van der Waals surface area contributed by atoms with Crippen molar-refractivity contribution in [3.8, 4) is 11.4 Å². The molecular weight excluding hydrogens is 358 g/mol. The van der Waals surface area contributed by atoms with Crippen LogP contribution < -0.4 is 5.56 Å². The van der Waals surface area contributed by atoms with Crippen LogP contribution in [0.5, 0.6) is 0 Å². The lowest BCUT2D eigenvalue weighted by Gasteiger charge is -2.06. The molecule has 0 fully saturated rings. The van der Waals surface area contributed by atoms with Crippen LogP contribution >= 0.6 is 15.9 Å². The van der Waals surface area contributed by atoms with Gasteiger partial charge in [-0.25, -0.2) is 0 Å². The number of aromatic nitrogens is 4. The minimum absolute atomic E-state index is 0.288. The van der Waals surface area contributed by atoms with Crippen LogP contribution in [0, 0.1) is 6.92 Å². The zero-order valence-electron chi connectivity index (χ0n) is 12.2. The number of rotatable bonds is 3. The Morgan fingerprint density at radius 2 is 1.78 bits per heavy atom. The number of hydrogen-bond acceptors (Lipinski definition) is 5. The molecule has 0 aliphatic carbocycles. The number of nitrogens with zero attached hydrogens (tertiary/aromatic N) is 5. The Kier molecular flexibility index (Phi) is 4.38. The van der Waals surface area contributed by atoms with E-state index in [9.17, 15) is 4.79 Å². The fourth-order valence-corrected chi connectivity index (χ4v) is 2.18. The maximum absolute atomic E-state index is 12.4. The summed E-state index contributed by atoms with van der Waals surface area (Å²) in [6.45, 7) is 1.61. The third kappa shape index (κ3) is 3.40. The van der Waals surface area contributed by atoms with Gasteiger partial charge in [-0.15, -0.1) is 10.2 Å². The molecule has 0 saturated carbocycles. The van der Waals surface area contributed by atoms with Gasteiger partial charge in [-0.3, -0.25) is 9.78 Å². The van der Waals surface area contributed by atoms with E-state index in [1.54, 1.807) is 37.7 Å². The number of aryl methyl sites for hydroxylation is 1. The molecule has 6 nitrogen and oxygen atoms in total. The molecule has 0 bridgehead atoms. The summed E-state index contributed by atoms with van der Waals surface area (Å²) in [6, 6.07) is 11.1. The van der Waals surface area contributed by atoms with Gasteiger partial charge < -0.3 is 0 Å². The second-order valence-electron chi connectivity index (χ2n) is 4.76. The van der Waals surface area contributed by atoms with Crippen LogP contribution in [0.3, 0.4) is 0 Å². The summed E-state index contributed by atoms with van der Waals surface area (Å²) in [6.07, 6.45) is 4.87. The molecule has 1 aromatic carbocycles. The quantitative estimate of drug-likeness (QED) is 0.665. The van der Waals surface area contributed by atoms with Crippen LogP contribution in [-0.4, -0.2) is 26.1 Å². The normalized spacial score (nSPS) is 11.0. The first-order valence-electron chi connectivity index (χ1n) is 6.82. The summed E-state index contributed by atoms with van der Waals surface area (Å²) in [7, 11) is 0. The predicted molar refractivity (Wildman–Crippen MR) is 91.4 cm³/mol. The molecule has 0 aliphatic rings. The van der Waals surface area contributed by atoms with Crippen molar-refractivity contribution < 1.29 is 0 Å². The van der Waals surface area contributed by atoms with Gasteiger partial charge in [0.1, 0.15) is 5.69 Å². The third-order valence-electron chi connectivity index (χ3n) is 3.13. The first-order chi connectivity index (χ1) is 11.1. The van der Waals surface area contributed by atoms with Gasteiger partial charge in [-0.2, -0.15) is 9.78 Å². The highest BCUT2D eigenvalue weighted by atomic mass is 79.9. The van der Waals surface area contributed by atoms with Gasteiger partial charge in [0.2, 0.25) is 0 Å². The fraction of sp³-hybridized carbons (Fsp3) is 0.0625.